The van der Waals surface area contributed by atoms with Crippen molar-refractivity contribution in [2.45, 2.75) is 39.3 Å². The lowest BCUT2D eigenvalue weighted by molar-refractivity contribution is 0.0526. The smallest absolute Gasteiger partial charge is 0.338 e. The van der Waals surface area contributed by atoms with Crippen LogP contribution in [0.1, 0.15) is 51.3 Å². The van der Waals surface area contributed by atoms with Gasteiger partial charge >= 0.3 is 5.97 Å². The zero-order chi connectivity index (χ0) is 19.3. The third-order valence-corrected chi connectivity index (χ3v) is 6.22. The number of aromatic nitrogens is 1. The number of pyridine rings is 1. The zero-order valence-electron chi connectivity index (χ0n) is 16.4. The van der Waals surface area contributed by atoms with Crippen LogP contribution in [-0.4, -0.2) is 29.0 Å². The summed E-state index contributed by atoms with van der Waals surface area (Å²) in [5.41, 5.74) is 8.27. The number of rotatable bonds is 2. The van der Waals surface area contributed by atoms with Gasteiger partial charge in [-0.15, -0.1) is 0 Å². The Balaban J connectivity index is 1.60. The minimum absolute atomic E-state index is 0.267. The molecule has 3 aromatic rings. The Labute approximate surface area is 165 Å². The Morgan fingerprint density at radius 1 is 1.21 bits per heavy atom. The number of nitrogens with zero attached hydrogens (tertiary/aromatic N) is 2. The van der Waals surface area contributed by atoms with Gasteiger partial charge in [-0.1, -0.05) is 24.3 Å². The fraction of sp³-hybridized carbons (Fsp3) is 0.333. The second-order valence-corrected chi connectivity index (χ2v) is 7.76. The number of carbonyl (C=O) groups is 1. The van der Waals surface area contributed by atoms with Gasteiger partial charge in [0.15, 0.2) is 0 Å². The van der Waals surface area contributed by atoms with Gasteiger partial charge in [0.25, 0.3) is 0 Å². The van der Waals surface area contributed by atoms with Crippen molar-refractivity contribution >= 4 is 16.9 Å². The van der Waals surface area contributed by atoms with E-state index in [0.717, 1.165) is 36.8 Å². The fourth-order valence-corrected chi connectivity index (χ4v) is 4.76. The van der Waals surface area contributed by atoms with Crippen LogP contribution in [0.2, 0.25) is 0 Å². The van der Waals surface area contributed by atoms with Gasteiger partial charge in [-0.05, 0) is 67.1 Å². The molecule has 0 N–H and O–H groups in total. The van der Waals surface area contributed by atoms with Gasteiger partial charge in [0.1, 0.15) is 0 Å². The monoisotopic (exact) mass is 372 g/mol. The molecule has 0 spiro atoms. The molecule has 0 radical (unpaired) electrons. The van der Waals surface area contributed by atoms with Crippen LogP contribution >= 0.6 is 0 Å². The highest BCUT2D eigenvalue weighted by Gasteiger charge is 2.34. The molecule has 0 bridgehead atoms. The summed E-state index contributed by atoms with van der Waals surface area (Å²) in [7, 11) is 0. The molecule has 5 rings (SSSR count). The van der Waals surface area contributed by atoms with E-state index in [1.165, 1.54) is 27.9 Å². The predicted octanol–water partition coefficient (Wildman–Crippen LogP) is 4.38. The fourth-order valence-electron chi connectivity index (χ4n) is 4.76. The van der Waals surface area contributed by atoms with Gasteiger partial charge in [-0.2, -0.15) is 0 Å². The normalized spacial score (nSPS) is 18.3. The number of hydrogen-bond donors (Lipinski definition) is 0. The van der Waals surface area contributed by atoms with Crippen LogP contribution in [0.5, 0.6) is 0 Å². The lowest BCUT2D eigenvalue weighted by atomic mass is 9.84. The minimum atomic E-state index is -0.267. The number of fused-ring (bicyclic) bond motifs is 5. The number of hydrogen-bond acceptors (Lipinski definition) is 4. The maximum atomic E-state index is 12.1. The van der Waals surface area contributed by atoms with Crippen molar-refractivity contribution in [2.75, 3.05) is 13.2 Å². The molecular formula is C24H24N2O2. The highest BCUT2D eigenvalue weighted by molar-refractivity contribution is 5.95. The average molecular weight is 372 g/mol. The molecule has 1 aromatic heterocycles. The first kappa shape index (κ1) is 17.4. The van der Waals surface area contributed by atoms with E-state index in [1.807, 2.05) is 25.1 Å². The molecular weight excluding hydrogens is 348 g/mol. The third kappa shape index (κ3) is 2.71. The molecule has 2 aliphatic rings. The van der Waals surface area contributed by atoms with Crippen molar-refractivity contribution in [3.8, 4) is 0 Å². The average Bonchev–Trinajstić information content (AvgIpc) is 2.72. The van der Waals surface area contributed by atoms with E-state index >= 15 is 0 Å². The van der Waals surface area contributed by atoms with E-state index in [2.05, 4.69) is 36.1 Å². The molecule has 1 atom stereocenters. The molecule has 142 valence electrons. The third-order valence-electron chi connectivity index (χ3n) is 6.22. The number of benzene rings is 2. The Morgan fingerprint density at radius 3 is 2.86 bits per heavy atom. The molecule has 4 heteroatoms. The largest absolute Gasteiger partial charge is 0.462 e. The summed E-state index contributed by atoms with van der Waals surface area (Å²) in [6.07, 6.45) is 2.02. The van der Waals surface area contributed by atoms with E-state index in [4.69, 9.17) is 9.72 Å². The second-order valence-electron chi connectivity index (χ2n) is 7.76. The highest BCUT2D eigenvalue weighted by Crippen LogP contribution is 2.39. The molecule has 2 aromatic carbocycles. The van der Waals surface area contributed by atoms with Crippen molar-refractivity contribution in [2.24, 2.45) is 0 Å². The van der Waals surface area contributed by atoms with Crippen LogP contribution in [0, 0.1) is 6.92 Å². The van der Waals surface area contributed by atoms with Crippen LogP contribution in [0.25, 0.3) is 10.9 Å². The molecule has 0 saturated carbocycles. The molecule has 3 heterocycles. The van der Waals surface area contributed by atoms with Crippen LogP contribution < -0.4 is 0 Å². The first-order valence-corrected chi connectivity index (χ1v) is 10.1. The summed E-state index contributed by atoms with van der Waals surface area (Å²) >= 11 is 0. The quantitative estimate of drug-likeness (QED) is 0.626. The Bertz CT molecular complexity index is 1090. The molecule has 0 fully saturated rings. The Kier molecular flexibility index (Phi) is 4.17. The molecule has 0 saturated heterocycles. The van der Waals surface area contributed by atoms with E-state index in [-0.39, 0.29) is 5.97 Å². The van der Waals surface area contributed by atoms with E-state index in [9.17, 15) is 4.79 Å². The lowest BCUT2D eigenvalue weighted by Crippen LogP contribution is -2.40. The predicted molar refractivity (Wildman–Crippen MR) is 109 cm³/mol. The minimum Gasteiger partial charge on any atom is -0.462 e. The van der Waals surface area contributed by atoms with Gasteiger partial charge in [-0.3, -0.25) is 9.88 Å². The maximum absolute atomic E-state index is 12.1. The molecule has 0 amide bonds. The Morgan fingerprint density at radius 2 is 2.04 bits per heavy atom. The van der Waals surface area contributed by atoms with E-state index in [0.29, 0.717) is 18.2 Å². The zero-order valence-corrected chi connectivity index (χ0v) is 16.4. The van der Waals surface area contributed by atoms with Gasteiger partial charge in [-0.25, -0.2) is 4.79 Å². The molecule has 28 heavy (non-hydrogen) atoms. The van der Waals surface area contributed by atoms with Crippen LogP contribution in [0.15, 0.2) is 42.5 Å². The van der Waals surface area contributed by atoms with E-state index in [1.54, 1.807) is 0 Å². The first-order chi connectivity index (χ1) is 13.7. The van der Waals surface area contributed by atoms with Gasteiger partial charge in [0, 0.05) is 18.5 Å². The summed E-state index contributed by atoms with van der Waals surface area (Å²) in [5, 5.41) is 1.06. The van der Waals surface area contributed by atoms with Gasteiger partial charge < -0.3 is 4.74 Å². The highest BCUT2D eigenvalue weighted by atomic mass is 16.5. The number of aryl methyl sites for hydroxylation is 1. The molecule has 4 nitrogen and oxygen atoms in total. The number of carbonyl (C=O) groups excluding carboxylic acids is 1. The molecule has 0 aliphatic carbocycles. The van der Waals surface area contributed by atoms with Crippen molar-refractivity contribution < 1.29 is 9.53 Å². The van der Waals surface area contributed by atoms with Gasteiger partial charge in [0.2, 0.25) is 0 Å². The first-order valence-electron chi connectivity index (χ1n) is 10.1. The van der Waals surface area contributed by atoms with Gasteiger partial charge in [0.05, 0.1) is 29.4 Å². The van der Waals surface area contributed by atoms with Crippen LogP contribution in [-0.2, 0) is 24.1 Å². The van der Waals surface area contributed by atoms with Crippen molar-refractivity contribution in [3.05, 3.63) is 76.0 Å². The van der Waals surface area contributed by atoms with Crippen molar-refractivity contribution in [1.82, 2.24) is 9.88 Å². The van der Waals surface area contributed by atoms with Crippen LogP contribution in [0.4, 0.5) is 0 Å². The standard InChI is InChI=1S/C24H24N2O2/c1-3-28-24(27)17-8-9-21-20(12-17)15(2)19-10-11-26-14-18-7-5-4-6-16(18)13-22(26)23(19)25-21/h4-9,12,22H,3,10-11,13-14H2,1-2H3. The van der Waals surface area contributed by atoms with Crippen LogP contribution in [0.3, 0.4) is 0 Å². The van der Waals surface area contributed by atoms with Crippen molar-refractivity contribution in [3.63, 3.8) is 0 Å². The lowest BCUT2D eigenvalue weighted by Gasteiger charge is -2.41. The topological polar surface area (TPSA) is 42.4 Å². The van der Waals surface area contributed by atoms with E-state index < -0.39 is 0 Å². The summed E-state index contributed by atoms with van der Waals surface area (Å²) < 4.78 is 5.17. The number of esters is 1. The van der Waals surface area contributed by atoms with Crippen molar-refractivity contribution in [1.29, 1.82) is 0 Å². The summed E-state index contributed by atoms with van der Waals surface area (Å²) in [4.78, 5) is 19.8. The Hall–Kier alpha value is -2.72. The summed E-state index contributed by atoms with van der Waals surface area (Å²) in [6, 6.07) is 14.8. The maximum Gasteiger partial charge on any atom is 0.338 e. The summed E-state index contributed by atoms with van der Waals surface area (Å²) in [6.45, 7) is 6.44. The SMILES string of the molecule is CCOC(=O)c1ccc2nc3c(c(C)c2c1)CCN1Cc2ccccc2CC31. The molecule has 1 unspecified atom stereocenters. The number of ether oxygens (including phenoxy) is 1. The second kappa shape index (κ2) is 6.71. The molecule has 2 aliphatic heterocycles. The summed E-state index contributed by atoms with van der Waals surface area (Å²) in [5.74, 6) is -0.267.